The molecule has 32 heavy (non-hydrogen) atoms. The summed E-state index contributed by atoms with van der Waals surface area (Å²) < 4.78 is 0. The minimum atomic E-state index is 0.0943. The van der Waals surface area contributed by atoms with Crippen LogP contribution in [0.25, 0.3) is 11.1 Å². The molecule has 6 heteroatoms. The van der Waals surface area contributed by atoms with Gasteiger partial charge in [-0.1, -0.05) is 43.2 Å². The van der Waals surface area contributed by atoms with Crippen LogP contribution in [0.15, 0.2) is 48.8 Å². The molecule has 3 aliphatic rings. The van der Waals surface area contributed by atoms with Crippen LogP contribution in [-0.4, -0.2) is 70.3 Å². The van der Waals surface area contributed by atoms with E-state index in [4.69, 9.17) is 0 Å². The molecule has 3 fully saturated rings. The molecule has 0 bridgehead atoms. The molecule has 1 saturated carbocycles. The molecule has 5 rings (SSSR count). The molecule has 2 aromatic rings. The van der Waals surface area contributed by atoms with Gasteiger partial charge in [0.1, 0.15) is 0 Å². The van der Waals surface area contributed by atoms with Crippen molar-refractivity contribution < 1.29 is 9.90 Å². The SMILES string of the molecule is O=C(NC1CCCC1)N1CCCCN2[C@H](C1)[C@H](c1ccc(-c3cccnc3)cc1)[C@@H]2CO. The van der Waals surface area contributed by atoms with Crippen molar-refractivity contribution >= 4 is 6.03 Å². The van der Waals surface area contributed by atoms with Gasteiger partial charge in [-0.25, -0.2) is 4.79 Å². The Bertz CT molecular complexity index is 898. The maximum Gasteiger partial charge on any atom is 0.317 e. The number of rotatable bonds is 4. The summed E-state index contributed by atoms with van der Waals surface area (Å²) in [4.78, 5) is 21.7. The molecule has 2 saturated heterocycles. The van der Waals surface area contributed by atoms with E-state index in [1.165, 1.54) is 18.4 Å². The molecule has 2 N–H and O–H groups in total. The highest BCUT2D eigenvalue weighted by Crippen LogP contribution is 2.42. The molecule has 1 aromatic carbocycles. The quantitative estimate of drug-likeness (QED) is 0.771. The van der Waals surface area contributed by atoms with Crippen molar-refractivity contribution in [3.05, 3.63) is 54.4 Å². The van der Waals surface area contributed by atoms with Crippen molar-refractivity contribution in [1.29, 1.82) is 0 Å². The van der Waals surface area contributed by atoms with Crippen LogP contribution < -0.4 is 5.32 Å². The van der Waals surface area contributed by atoms with E-state index in [2.05, 4.69) is 45.5 Å². The smallest absolute Gasteiger partial charge is 0.317 e. The Kier molecular flexibility index (Phi) is 6.42. The molecule has 2 amide bonds. The van der Waals surface area contributed by atoms with Crippen LogP contribution in [0.3, 0.4) is 0 Å². The summed E-state index contributed by atoms with van der Waals surface area (Å²) >= 11 is 0. The van der Waals surface area contributed by atoms with Crippen molar-refractivity contribution in [1.82, 2.24) is 20.1 Å². The molecular formula is C26H34N4O2. The van der Waals surface area contributed by atoms with Gasteiger partial charge < -0.3 is 15.3 Å². The van der Waals surface area contributed by atoms with Gasteiger partial charge in [0, 0.05) is 49.5 Å². The van der Waals surface area contributed by atoms with E-state index < -0.39 is 0 Å². The van der Waals surface area contributed by atoms with E-state index in [1.54, 1.807) is 6.20 Å². The third kappa shape index (κ3) is 4.26. The summed E-state index contributed by atoms with van der Waals surface area (Å²) in [6.45, 7) is 2.70. The topological polar surface area (TPSA) is 68.7 Å². The number of nitrogens with zero attached hydrogens (tertiary/aromatic N) is 3. The summed E-state index contributed by atoms with van der Waals surface area (Å²) in [5.41, 5.74) is 3.50. The Morgan fingerprint density at radius 3 is 2.53 bits per heavy atom. The molecule has 3 heterocycles. The number of fused-ring (bicyclic) bond motifs is 1. The minimum absolute atomic E-state index is 0.0943. The number of hydrogen-bond donors (Lipinski definition) is 2. The first kappa shape index (κ1) is 21.4. The Labute approximate surface area is 190 Å². The highest BCUT2D eigenvalue weighted by molar-refractivity contribution is 5.74. The summed E-state index contributed by atoms with van der Waals surface area (Å²) in [6, 6.07) is 13.5. The van der Waals surface area contributed by atoms with Gasteiger partial charge in [0.05, 0.1) is 6.61 Å². The molecule has 2 aliphatic heterocycles. The van der Waals surface area contributed by atoms with Crippen molar-refractivity contribution in [3.8, 4) is 11.1 Å². The molecule has 3 atom stereocenters. The number of carbonyl (C=O) groups is 1. The number of benzene rings is 1. The third-order valence-electron chi connectivity index (χ3n) is 7.63. The molecule has 0 spiro atoms. The Hall–Kier alpha value is -2.44. The number of aliphatic hydroxyl groups is 1. The van der Waals surface area contributed by atoms with Gasteiger partial charge in [0.25, 0.3) is 0 Å². The van der Waals surface area contributed by atoms with Crippen LogP contribution in [-0.2, 0) is 0 Å². The summed E-state index contributed by atoms with van der Waals surface area (Å²) in [5, 5.41) is 13.4. The number of carbonyl (C=O) groups excluding carboxylic acids is 1. The van der Waals surface area contributed by atoms with E-state index in [0.29, 0.717) is 6.04 Å². The lowest BCUT2D eigenvalue weighted by atomic mass is 9.74. The van der Waals surface area contributed by atoms with E-state index in [-0.39, 0.29) is 30.6 Å². The third-order valence-corrected chi connectivity index (χ3v) is 7.63. The molecule has 170 valence electrons. The van der Waals surface area contributed by atoms with E-state index in [0.717, 1.165) is 56.4 Å². The lowest BCUT2D eigenvalue weighted by Crippen LogP contribution is -2.68. The first-order chi connectivity index (χ1) is 15.7. The van der Waals surface area contributed by atoms with Gasteiger partial charge >= 0.3 is 6.03 Å². The van der Waals surface area contributed by atoms with Gasteiger partial charge in [0.2, 0.25) is 0 Å². The second-order valence-corrected chi connectivity index (χ2v) is 9.53. The predicted octanol–water partition coefficient (Wildman–Crippen LogP) is 3.63. The average Bonchev–Trinajstić information content (AvgIpc) is 3.32. The van der Waals surface area contributed by atoms with Crippen LogP contribution in [0.1, 0.15) is 50.0 Å². The number of nitrogens with one attached hydrogen (secondary N) is 1. The normalized spacial score (nSPS) is 26.7. The second kappa shape index (κ2) is 9.59. The van der Waals surface area contributed by atoms with E-state index in [9.17, 15) is 9.90 Å². The second-order valence-electron chi connectivity index (χ2n) is 9.53. The van der Waals surface area contributed by atoms with Crippen molar-refractivity contribution in [2.75, 3.05) is 26.2 Å². The van der Waals surface area contributed by atoms with Crippen LogP contribution in [0.4, 0.5) is 4.79 Å². The summed E-state index contributed by atoms with van der Waals surface area (Å²) in [5.74, 6) is 0.239. The number of urea groups is 1. The van der Waals surface area contributed by atoms with Crippen LogP contribution in [0.5, 0.6) is 0 Å². The number of amides is 2. The fourth-order valence-electron chi connectivity index (χ4n) is 5.89. The zero-order valence-electron chi connectivity index (χ0n) is 18.7. The average molecular weight is 435 g/mol. The number of hydrogen-bond acceptors (Lipinski definition) is 4. The Balaban J connectivity index is 1.33. The van der Waals surface area contributed by atoms with E-state index in [1.807, 2.05) is 17.2 Å². The first-order valence-electron chi connectivity index (χ1n) is 12.2. The standard InChI is InChI=1S/C26H34N4O2/c31-18-24-25(20-11-9-19(10-12-20)21-6-5-13-27-16-21)23-17-29(14-3-4-15-30(23)24)26(32)28-22-7-1-2-8-22/h5-6,9-13,16,22-25,31H,1-4,7-8,14-15,17-18H2,(H,28,32)/t23-,24+,25+/m1/s1. The van der Waals surface area contributed by atoms with Crippen molar-refractivity contribution in [2.45, 2.75) is 62.6 Å². The van der Waals surface area contributed by atoms with Gasteiger partial charge in [-0.3, -0.25) is 9.88 Å². The Morgan fingerprint density at radius 2 is 1.81 bits per heavy atom. The molecular weight excluding hydrogens is 400 g/mol. The molecule has 0 unspecified atom stereocenters. The van der Waals surface area contributed by atoms with E-state index >= 15 is 0 Å². The molecule has 1 aliphatic carbocycles. The predicted molar refractivity (Wildman–Crippen MR) is 125 cm³/mol. The van der Waals surface area contributed by atoms with Crippen molar-refractivity contribution in [3.63, 3.8) is 0 Å². The lowest BCUT2D eigenvalue weighted by Gasteiger charge is -2.57. The van der Waals surface area contributed by atoms with Gasteiger partial charge in [0.15, 0.2) is 0 Å². The first-order valence-corrected chi connectivity index (χ1v) is 12.2. The zero-order valence-corrected chi connectivity index (χ0v) is 18.7. The van der Waals surface area contributed by atoms with Gasteiger partial charge in [-0.2, -0.15) is 0 Å². The summed E-state index contributed by atoms with van der Waals surface area (Å²) in [7, 11) is 0. The monoisotopic (exact) mass is 434 g/mol. The highest BCUT2D eigenvalue weighted by atomic mass is 16.3. The van der Waals surface area contributed by atoms with Gasteiger partial charge in [-0.15, -0.1) is 0 Å². The van der Waals surface area contributed by atoms with Crippen LogP contribution in [0.2, 0.25) is 0 Å². The fourth-order valence-corrected chi connectivity index (χ4v) is 5.89. The zero-order chi connectivity index (χ0) is 21.9. The largest absolute Gasteiger partial charge is 0.395 e. The Morgan fingerprint density at radius 1 is 1.03 bits per heavy atom. The maximum atomic E-state index is 13.0. The lowest BCUT2D eigenvalue weighted by molar-refractivity contribution is -0.0591. The van der Waals surface area contributed by atoms with Gasteiger partial charge in [-0.05, 0) is 55.0 Å². The highest BCUT2D eigenvalue weighted by Gasteiger charge is 2.49. The summed E-state index contributed by atoms with van der Waals surface area (Å²) in [6.07, 6.45) is 10.4. The fraction of sp³-hybridized carbons (Fsp3) is 0.538. The maximum absolute atomic E-state index is 13.0. The minimum Gasteiger partial charge on any atom is -0.395 e. The molecule has 6 nitrogen and oxygen atoms in total. The molecule has 1 aromatic heterocycles. The van der Waals surface area contributed by atoms with Crippen molar-refractivity contribution in [2.24, 2.45) is 0 Å². The number of aliphatic hydroxyl groups excluding tert-OH is 1. The number of aromatic nitrogens is 1. The van der Waals surface area contributed by atoms with Crippen LogP contribution >= 0.6 is 0 Å². The number of pyridine rings is 1. The molecule has 0 radical (unpaired) electrons. The van der Waals surface area contributed by atoms with Crippen LogP contribution in [0, 0.1) is 0 Å².